The summed E-state index contributed by atoms with van der Waals surface area (Å²) in [6, 6.07) is 26.3. The van der Waals surface area contributed by atoms with Crippen molar-refractivity contribution < 1.29 is 80.1 Å². The molecule has 4 aromatic carbocycles. The lowest BCUT2D eigenvalue weighted by Gasteiger charge is -2.36. The fourth-order valence-corrected chi connectivity index (χ4v) is 7.58. The Bertz CT molecular complexity index is 1890. The van der Waals surface area contributed by atoms with E-state index in [1.807, 2.05) is 48.5 Å². The summed E-state index contributed by atoms with van der Waals surface area (Å²) in [7, 11) is 0. The summed E-state index contributed by atoms with van der Waals surface area (Å²) < 4.78 is 25.8. The zero-order valence-corrected chi connectivity index (χ0v) is 36.7. The van der Waals surface area contributed by atoms with E-state index in [-0.39, 0.29) is 45.1 Å². The van der Waals surface area contributed by atoms with Crippen molar-refractivity contribution in [1.82, 2.24) is 0 Å². The summed E-state index contributed by atoms with van der Waals surface area (Å²) in [6.07, 6.45) is 6.12. The molecule has 0 saturated carbocycles. The molecule has 2 fully saturated rings. The molecule has 0 amide bonds. The summed E-state index contributed by atoms with van der Waals surface area (Å²) >= 11 is 11.8. The number of quaternary nitrogens is 2. The lowest BCUT2D eigenvalue weighted by molar-refractivity contribution is -0.908. The maximum Gasteiger partial charge on any atom is 0.163 e. The Morgan fingerprint density at radius 3 is 1.08 bits per heavy atom. The molecule has 2 aliphatic heterocycles. The number of piperidine rings is 2. The first-order valence-corrected chi connectivity index (χ1v) is 20.6. The molecule has 2 saturated heterocycles. The van der Waals surface area contributed by atoms with Crippen molar-refractivity contribution in [2.24, 2.45) is 0 Å². The van der Waals surface area contributed by atoms with E-state index in [1.54, 1.807) is 0 Å². The van der Waals surface area contributed by atoms with Gasteiger partial charge in [-0.2, -0.15) is 0 Å². The molecule has 0 aromatic heterocycles. The molecule has 0 spiro atoms. The Hall–Kier alpha value is -4.98. The fraction of sp³-hybridized carbons (Fsp3) is 0.348. The second-order valence-corrected chi connectivity index (χ2v) is 16.0. The van der Waals surface area contributed by atoms with Crippen molar-refractivity contribution >= 4 is 46.7 Å². The molecule has 2 aliphatic rings. The smallest absolute Gasteiger partial charge is 0.163 e. The van der Waals surface area contributed by atoms with Crippen LogP contribution in [0.25, 0.3) is 0 Å². The highest BCUT2D eigenvalue weighted by atomic mass is 35.5. The minimum Gasteiger partial charge on any atom is -0.545 e. The fourth-order valence-electron chi connectivity index (χ4n) is 7.33. The predicted octanol–water partition coefficient (Wildman–Crippen LogP) is -0.239. The molecule has 0 aliphatic carbocycles. The minimum absolute atomic E-state index is 0. The van der Waals surface area contributed by atoms with E-state index < -0.39 is 23.1 Å². The van der Waals surface area contributed by atoms with E-state index in [0.29, 0.717) is 71.8 Å². The first kappa shape index (κ1) is 59.0. The number of ketones is 2. The average molecular weight is 940 g/mol. The van der Waals surface area contributed by atoms with E-state index in [2.05, 4.69) is 0 Å². The summed E-state index contributed by atoms with van der Waals surface area (Å²) in [5, 5.41) is 42.0. The SMILES string of the molecule is O.O.O.O.O=C(CCC[NH+]1CCC(O)(c2ccc(Cl)cc2)CC1)c1ccc(F)cc1.O=C(CCC[NH+]1CCC(O)(c2ccc(Cl)cc2)CC1)c1ccc(F)cc1.O=C([O-])/C=C/C(=O)[O-]. The Balaban J connectivity index is 0.00000101. The van der Waals surface area contributed by atoms with Crippen molar-refractivity contribution in [2.45, 2.75) is 62.6 Å². The standard InChI is InChI=1S/2C21H23ClFNO2.C4H4O4.4H2O/c2*22-18-7-5-17(6-8-18)21(26)11-14-24(15-12-21)13-1-2-20(25)16-3-9-19(23)10-4-16;5-3(6)1-2-4(7)8;;;;/h2*3-10,26H,1-2,11-15H2;1-2H,(H,5,6)(H,7,8);4*1H2/b;;2-1+;;;;. The third-order valence-corrected chi connectivity index (χ3v) is 11.4. The number of carbonyl (C=O) groups excluding carboxylic acids is 4. The molecule has 64 heavy (non-hydrogen) atoms. The maximum absolute atomic E-state index is 12.9. The van der Waals surface area contributed by atoms with Gasteiger partial charge in [0.15, 0.2) is 11.6 Å². The van der Waals surface area contributed by atoms with Crippen LogP contribution in [-0.2, 0) is 20.8 Å². The second kappa shape index (κ2) is 28.7. The number of Topliss-reactive ketones (excluding diaryl/α,β-unsaturated/α-hetero) is 2. The van der Waals surface area contributed by atoms with Crippen molar-refractivity contribution in [3.05, 3.63) is 153 Å². The number of carboxylic acids is 2. The van der Waals surface area contributed by atoms with Gasteiger partial charge in [0.1, 0.15) is 22.8 Å². The Morgan fingerprint density at radius 1 is 0.531 bits per heavy atom. The van der Waals surface area contributed by atoms with Crippen LogP contribution in [0.4, 0.5) is 8.78 Å². The summed E-state index contributed by atoms with van der Waals surface area (Å²) in [5.41, 5.74) is 1.42. The lowest BCUT2D eigenvalue weighted by Crippen LogP contribution is -3.13. The molecule has 6 rings (SSSR count). The van der Waals surface area contributed by atoms with Gasteiger partial charge in [-0.3, -0.25) is 9.59 Å². The number of nitrogens with one attached hydrogen (secondary N) is 2. The van der Waals surface area contributed by atoms with E-state index in [0.717, 1.165) is 63.2 Å². The third kappa shape index (κ3) is 19.4. The summed E-state index contributed by atoms with van der Waals surface area (Å²) in [5.74, 6) is -3.64. The van der Waals surface area contributed by atoms with E-state index in [4.69, 9.17) is 23.2 Å². The monoisotopic (exact) mass is 938 g/mol. The highest BCUT2D eigenvalue weighted by Crippen LogP contribution is 2.31. The topological polar surface area (TPSA) is 290 Å². The molecule has 0 unspecified atom stereocenters. The minimum atomic E-state index is -1.55. The molecule has 14 nitrogen and oxygen atoms in total. The van der Waals surface area contributed by atoms with Gasteiger partial charge in [0.25, 0.3) is 0 Å². The average Bonchev–Trinajstić information content (AvgIpc) is 3.23. The number of rotatable bonds is 14. The van der Waals surface area contributed by atoms with Gasteiger partial charge in [-0.05, 0) is 96.1 Å². The van der Waals surface area contributed by atoms with Crippen LogP contribution in [-0.4, -0.2) is 94.9 Å². The molecule has 352 valence electrons. The number of hydrogen-bond acceptors (Lipinski definition) is 8. The predicted molar refractivity (Wildman–Crippen MR) is 234 cm³/mol. The molecule has 0 radical (unpaired) electrons. The van der Waals surface area contributed by atoms with Gasteiger partial charge >= 0.3 is 0 Å². The number of carbonyl (C=O) groups is 4. The molecule has 4 aromatic rings. The quantitative estimate of drug-likeness (QED) is 0.0965. The van der Waals surface area contributed by atoms with Gasteiger partial charge in [-0.15, -0.1) is 0 Å². The van der Waals surface area contributed by atoms with Crippen molar-refractivity contribution in [2.75, 3.05) is 39.3 Å². The number of aliphatic carboxylic acids is 2. The number of hydrogen-bond donors (Lipinski definition) is 4. The van der Waals surface area contributed by atoms with Gasteiger partial charge in [-0.1, -0.05) is 47.5 Å². The maximum atomic E-state index is 12.9. The van der Waals surface area contributed by atoms with Gasteiger partial charge in [0.2, 0.25) is 0 Å². The van der Waals surface area contributed by atoms with Crippen LogP contribution in [0.5, 0.6) is 0 Å². The Kier molecular flexibility index (Phi) is 26.5. The lowest BCUT2D eigenvalue weighted by atomic mass is 9.84. The molecule has 0 bridgehead atoms. The van der Waals surface area contributed by atoms with Gasteiger partial charge in [0.05, 0.1) is 51.2 Å². The zero-order valence-electron chi connectivity index (χ0n) is 35.1. The number of benzene rings is 4. The number of likely N-dealkylation sites (tertiary alicyclic amines) is 2. The largest absolute Gasteiger partial charge is 0.545 e. The first-order chi connectivity index (χ1) is 28.5. The van der Waals surface area contributed by atoms with Crippen LogP contribution in [0.15, 0.2) is 109 Å². The zero-order chi connectivity index (χ0) is 43.7. The normalized spacial score (nSPS) is 19.8. The summed E-state index contributed by atoms with van der Waals surface area (Å²) in [4.78, 5) is 45.9. The first-order valence-electron chi connectivity index (χ1n) is 19.9. The number of halogens is 4. The molecule has 12 N–H and O–H groups in total. The van der Waals surface area contributed by atoms with Gasteiger partial charge < -0.3 is 61.7 Å². The molecular weight excluding hydrogens is 881 g/mol. The highest BCUT2D eigenvalue weighted by Gasteiger charge is 2.37. The van der Waals surface area contributed by atoms with E-state index in [1.165, 1.54) is 58.3 Å². The highest BCUT2D eigenvalue weighted by molar-refractivity contribution is 6.30. The second-order valence-electron chi connectivity index (χ2n) is 15.1. The van der Waals surface area contributed by atoms with Crippen LogP contribution in [0.2, 0.25) is 10.0 Å². The van der Waals surface area contributed by atoms with Crippen molar-refractivity contribution in [1.29, 1.82) is 0 Å². The van der Waals surface area contributed by atoms with E-state index >= 15 is 0 Å². The van der Waals surface area contributed by atoms with Crippen LogP contribution < -0.4 is 20.0 Å². The summed E-state index contributed by atoms with van der Waals surface area (Å²) in [6.45, 7) is 5.33. The molecule has 18 heteroatoms. The number of carboxylic acid groups (broad SMARTS) is 2. The van der Waals surface area contributed by atoms with Gasteiger partial charge in [-0.25, -0.2) is 8.78 Å². The molecule has 0 atom stereocenters. The molecule has 2 heterocycles. The van der Waals surface area contributed by atoms with Gasteiger partial charge in [0, 0.05) is 72.5 Å². The van der Waals surface area contributed by atoms with Crippen LogP contribution >= 0.6 is 23.2 Å². The van der Waals surface area contributed by atoms with Crippen LogP contribution in [0.3, 0.4) is 0 Å². The van der Waals surface area contributed by atoms with Crippen molar-refractivity contribution in [3.8, 4) is 0 Å². The van der Waals surface area contributed by atoms with Crippen LogP contribution in [0.1, 0.15) is 83.2 Å². The Morgan fingerprint density at radius 2 is 0.812 bits per heavy atom. The van der Waals surface area contributed by atoms with E-state index in [9.17, 15) is 48.4 Å². The Labute approximate surface area is 380 Å². The van der Waals surface area contributed by atoms with Crippen molar-refractivity contribution in [3.63, 3.8) is 0 Å². The third-order valence-electron chi connectivity index (χ3n) is 10.9. The number of aliphatic hydroxyl groups is 2. The van der Waals surface area contributed by atoms with Crippen LogP contribution in [0, 0.1) is 11.6 Å². The molecular formula is C46H58Cl2F2N2O12.